The van der Waals surface area contributed by atoms with E-state index in [-0.39, 0.29) is 6.04 Å². The number of anilines is 1. The molecule has 0 saturated heterocycles. The molecule has 0 aliphatic rings. The number of carbonyl (C=O) groups excluding carboxylic acids is 1. The van der Waals surface area contributed by atoms with Gasteiger partial charge in [-0.15, -0.1) is 0 Å². The Balaban J connectivity index is 2.13. The van der Waals surface area contributed by atoms with E-state index in [2.05, 4.69) is 31.3 Å². The lowest BCUT2D eigenvalue weighted by molar-refractivity contribution is 0.100. The highest BCUT2D eigenvalue weighted by molar-refractivity contribution is 5.93. The van der Waals surface area contributed by atoms with Crippen molar-refractivity contribution in [1.29, 1.82) is 0 Å². The minimum Gasteiger partial charge on any atom is -0.379 e. The van der Waals surface area contributed by atoms with E-state index in [1.807, 2.05) is 24.3 Å². The van der Waals surface area contributed by atoms with Gasteiger partial charge in [0.15, 0.2) is 0 Å². The summed E-state index contributed by atoms with van der Waals surface area (Å²) in [4.78, 5) is 11.0. The second-order valence-corrected chi connectivity index (χ2v) is 4.66. The SMILES string of the molecule is Cc1ccccc1C(C)Nc1ccc(C(N)=O)cc1. The van der Waals surface area contributed by atoms with Crippen LogP contribution in [0.1, 0.15) is 34.5 Å². The van der Waals surface area contributed by atoms with Gasteiger partial charge in [-0.2, -0.15) is 0 Å². The first-order chi connectivity index (χ1) is 9.08. The van der Waals surface area contributed by atoms with Crippen LogP contribution < -0.4 is 11.1 Å². The zero-order chi connectivity index (χ0) is 13.8. The quantitative estimate of drug-likeness (QED) is 0.879. The van der Waals surface area contributed by atoms with Crippen LogP contribution in [0.5, 0.6) is 0 Å². The van der Waals surface area contributed by atoms with Crippen LogP contribution in [0.2, 0.25) is 0 Å². The van der Waals surface area contributed by atoms with Gasteiger partial charge in [0.2, 0.25) is 5.91 Å². The molecule has 2 aromatic carbocycles. The van der Waals surface area contributed by atoms with Gasteiger partial charge in [0.1, 0.15) is 0 Å². The summed E-state index contributed by atoms with van der Waals surface area (Å²) < 4.78 is 0. The summed E-state index contributed by atoms with van der Waals surface area (Å²) in [5, 5.41) is 3.41. The van der Waals surface area contributed by atoms with Crippen LogP contribution in [0.3, 0.4) is 0 Å². The molecule has 3 heteroatoms. The Morgan fingerprint density at radius 1 is 1.11 bits per heavy atom. The molecule has 0 heterocycles. The summed E-state index contributed by atoms with van der Waals surface area (Å²) in [6.07, 6.45) is 0. The van der Waals surface area contributed by atoms with E-state index >= 15 is 0 Å². The van der Waals surface area contributed by atoms with Crippen molar-refractivity contribution in [3.63, 3.8) is 0 Å². The number of hydrogen-bond acceptors (Lipinski definition) is 2. The molecule has 0 fully saturated rings. The first-order valence-electron chi connectivity index (χ1n) is 6.30. The smallest absolute Gasteiger partial charge is 0.248 e. The number of amides is 1. The van der Waals surface area contributed by atoms with Crippen LogP contribution in [-0.2, 0) is 0 Å². The Morgan fingerprint density at radius 2 is 1.74 bits per heavy atom. The lowest BCUT2D eigenvalue weighted by Gasteiger charge is -2.17. The minimum atomic E-state index is -0.404. The van der Waals surface area contributed by atoms with Crippen LogP contribution >= 0.6 is 0 Å². The van der Waals surface area contributed by atoms with Crippen LogP contribution in [0.4, 0.5) is 5.69 Å². The van der Waals surface area contributed by atoms with Crippen molar-refractivity contribution < 1.29 is 4.79 Å². The largest absolute Gasteiger partial charge is 0.379 e. The van der Waals surface area contributed by atoms with Gasteiger partial charge in [-0.25, -0.2) is 0 Å². The number of carbonyl (C=O) groups is 1. The molecular weight excluding hydrogens is 236 g/mol. The molecular formula is C16H18N2O. The second-order valence-electron chi connectivity index (χ2n) is 4.66. The van der Waals surface area contributed by atoms with Gasteiger partial charge in [0.25, 0.3) is 0 Å². The van der Waals surface area contributed by atoms with E-state index in [9.17, 15) is 4.79 Å². The maximum Gasteiger partial charge on any atom is 0.248 e. The molecule has 0 radical (unpaired) electrons. The van der Waals surface area contributed by atoms with Crippen molar-refractivity contribution in [1.82, 2.24) is 0 Å². The normalized spacial score (nSPS) is 11.9. The Hall–Kier alpha value is -2.29. The topological polar surface area (TPSA) is 55.1 Å². The number of aryl methyl sites for hydroxylation is 1. The zero-order valence-corrected chi connectivity index (χ0v) is 11.2. The van der Waals surface area contributed by atoms with E-state index in [4.69, 9.17) is 5.73 Å². The van der Waals surface area contributed by atoms with Crippen LogP contribution in [0.25, 0.3) is 0 Å². The molecule has 1 unspecified atom stereocenters. The van der Waals surface area contributed by atoms with Gasteiger partial charge < -0.3 is 11.1 Å². The van der Waals surface area contributed by atoms with Gasteiger partial charge in [-0.1, -0.05) is 24.3 Å². The Bertz CT molecular complexity index is 576. The molecule has 0 aliphatic carbocycles. The van der Waals surface area contributed by atoms with Gasteiger partial charge >= 0.3 is 0 Å². The molecule has 0 saturated carbocycles. The Labute approximate surface area is 113 Å². The third-order valence-electron chi connectivity index (χ3n) is 3.21. The third-order valence-corrected chi connectivity index (χ3v) is 3.21. The predicted octanol–water partition coefficient (Wildman–Crippen LogP) is 3.27. The highest BCUT2D eigenvalue weighted by atomic mass is 16.1. The summed E-state index contributed by atoms with van der Waals surface area (Å²) in [5.41, 5.74) is 9.24. The Kier molecular flexibility index (Phi) is 3.85. The van der Waals surface area contributed by atoms with E-state index in [1.54, 1.807) is 12.1 Å². The van der Waals surface area contributed by atoms with E-state index in [0.29, 0.717) is 5.56 Å². The van der Waals surface area contributed by atoms with Gasteiger partial charge in [0, 0.05) is 17.3 Å². The first kappa shape index (κ1) is 13.1. The molecule has 2 aromatic rings. The molecule has 3 N–H and O–H groups in total. The minimum absolute atomic E-state index is 0.209. The molecule has 1 atom stereocenters. The highest BCUT2D eigenvalue weighted by Crippen LogP contribution is 2.22. The molecule has 2 rings (SSSR count). The highest BCUT2D eigenvalue weighted by Gasteiger charge is 2.08. The van der Waals surface area contributed by atoms with E-state index < -0.39 is 5.91 Å². The average Bonchev–Trinajstić information content (AvgIpc) is 2.39. The maximum absolute atomic E-state index is 11.0. The number of rotatable bonds is 4. The maximum atomic E-state index is 11.0. The fourth-order valence-electron chi connectivity index (χ4n) is 2.13. The predicted molar refractivity (Wildman–Crippen MR) is 78.2 cm³/mol. The zero-order valence-electron chi connectivity index (χ0n) is 11.2. The third kappa shape index (κ3) is 3.13. The van der Waals surface area contributed by atoms with E-state index in [0.717, 1.165) is 5.69 Å². The molecule has 0 bridgehead atoms. The van der Waals surface area contributed by atoms with Crippen molar-refractivity contribution in [3.05, 3.63) is 65.2 Å². The summed E-state index contributed by atoms with van der Waals surface area (Å²) in [7, 11) is 0. The molecule has 1 amide bonds. The number of nitrogens with one attached hydrogen (secondary N) is 1. The number of nitrogens with two attached hydrogens (primary N) is 1. The fourth-order valence-corrected chi connectivity index (χ4v) is 2.13. The monoisotopic (exact) mass is 254 g/mol. The molecule has 19 heavy (non-hydrogen) atoms. The molecule has 98 valence electrons. The first-order valence-corrected chi connectivity index (χ1v) is 6.30. The summed E-state index contributed by atoms with van der Waals surface area (Å²) in [6.45, 7) is 4.22. The summed E-state index contributed by atoms with van der Waals surface area (Å²) in [6, 6.07) is 15.7. The molecule has 0 spiro atoms. The van der Waals surface area contributed by atoms with Crippen molar-refractivity contribution in [2.75, 3.05) is 5.32 Å². The van der Waals surface area contributed by atoms with Crippen LogP contribution in [0.15, 0.2) is 48.5 Å². The lowest BCUT2D eigenvalue weighted by atomic mass is 10.0. The van der Waals surface area contributed by atoms with Crippen molar-refractivity contribution in [2.24, 2.45) is 5.73 Å². The molecule has 0 aromatic heterocycles. The van der Waals surface area contributed by atoms with Gasteiger partial charge in [-0.3, -0.25) is 4.79 Å². The summed E-state index contributed by atoms with van der Waals surface area (Å²) >= 11 is 0. The van der Waals surface area contributed by atoms with Crippen LogP contribution in [-0.4, -0.2) is 5.91 Å². The second kappa shape index (κ2) is 5.57. The van der Waals surface area contributed by atoms with Crippen molar-refractivity contribution in [3.8, 4) is 0 Å². The number of benzene rings is 2. The van der Waals surface area contributed by atoms with Crippen molar-refractivity contribution >= 4 is 11.6 Å². The van der Waals surface area contributed by atoms with Gasteiger partial charge in [0.05, 0.1) is 0 Å². The molecule has 0 aliphatic heterocycles. The summed E-state index contributed by atoms with van der Waals surface area (Å²) in [5.74, 6) is -0.404. The Morgan fingerprint density at radius 3 is 2.32 bits per heavy atom. The number of primary amides is 1. The van der Waals surface area contributed by atoms with E-state index in [1.165, 1.54) is 11.1 Å². The van der Waals surface area contributed by atoms with Gasteiger partial charge in [-0.05, 0) is 49.2 Å². The van der Waals surface area contributed by atoms with Crippen molar-refractivity contribution in [2.45, 2.75) is 19.9 Å². The average molecular weight is 254 g/mol. The molecule has 3 nitrogen and oxygen atoms in total. The van der Waals surface area contributed by atoms with Crippen LogP contribution in [0, 0.1) is 6.92 Å². The fraction of sp³-hybridized carbons (Fsp3) is 0.188. The lowest BCUT2D eigenvalue weighted by Crippen LogP contribution is -2.11. The standard InChI is InChI=1S/C16H18N2O/c1-11-5-3-4-6-15(11)12(2)18-14-9-7-13(8-10-14)16(17)19/h3-10,12,18H,1-2H3,(H2,17,19). The number of hydrogen-bond donors (Lipinski definition) is 2.